The molecule has 0 bridgehead atoms. The highest BCUT2D eigenvalue weighted by atomic mass is 16.5. The van der Waals surface area contributed by atoms with Gasteiger partial charge in [-0.3, -0.25) is 9.69 Å². The Morgan fingerprint density at radius 1 is 1.12 bits per heavy atom. The zero-order valence-electron chi connectivity index (χ0n) is 10.9. The number of hydrogen-bond donors (Lipinski definition) is 0. The predicted octanol–water partition coefficient (Wildman–Crippen LogP) is 2.59. The second-order valence-electron chi connectivity index (χ2n) is 4.06. The van der Waals surface area contributed by atoms with E-state index in [2.05, 4.69) is 30.9 Å². The first-order chi connectivity index (χ1) is 8.15. The van der Waals surface area contributed by atoms with E-state index in [1.54, 1.807) is 0 Å². The maximum absolute atomic E-state index is 10.7. The molecule has 0 heterocycles. The van der Waals surface area contributed by atoms with Crippen LogP contribution in [0, 0.1) is 0 Å². The van der Waals surface area contributed by atoms with E-state index in [9.17, 15) is 4.79 Å². The summed E-state index contributed by atoms with van der Waals surface area (Å²) in [4.78, 5) is 13.0. The Morgan fingerprint density at radius 2 is 1.65 bits per heavy atom. The molecule has 0 atom stereocenters. The maximum atomic E-state index is 10.7. The molecule has 0 unspecified atom stereocenters. The summed E-state index contributed by atoms with van der Waals surface area (Å²) in [7, 11) is 0. The Morgan fingerprint density at radius 3 is 2.12 bits per heavy atom. The van der Waals surface area contributed by atoms with Crippen molar-refractivity contribution in [2.24, 2.45) is 0 Å². The summed E-state index contributed by atoms with van der Waals surface area (Å²) in [5.74, 6) is -0.239. The number of rotatable bonds is 6. The molecular formula is C14H21NO2. The van der Waals surface area contributed by atoms with Crippen molar-refractivity contribution in [2.45, 2.75) is 33.9 Å². The monoisotopic (exact) mass is 235 g/mol. The zero-order valence-corrected chi connectivity index (χ0v) is 10.9. The van der Waals surface area contributed by atoms with Crippen molar-refractivity contribution in [1.82, 2.24) is 4.90 Å². The maximum Gasteiger partial charge on any atom is 0.302 e. The summed E-state index contributed by atoms with van der Waals surface area (Å²) in [5, 5.41) is 0. The van der Waals surface area contributed by atoms with Crippen LogP contribution in [-0.4, -0.2) is 24.0 Å². The van der Waals surface area contributed by atoms with E-state index >= 15 is 0 Å². The molecule has 1 aromatic rings. The molecule has 1 rings (SSSR count). The lowest BCUT2D eigenvalue weighted by Gasteiger charge is -2.18. The molecule has 0 aliphatic rings. The molecule has 0 aliphatic heterocycles. The van der Waals surface area contributed by atoms with E-state index in [0.717, 1.165) is 25.2 Å². The van der Waals surface area contributed by atoms with E-state index < -0.39 is 0 Å². The normalized spacial score (nSPS) is 10.6. The SMILES string of the molecule is CCN(CC)Cc1ccc(COC(C)=O)cc1. The first-order valence-corrected chi connectivity index (χ1v) is 6.09. The fourth-order valence-corrected chi connectivity index (χ4v) is 1.63. The van der Waals surface area contributed by atoms with Gasteiger partial charge in [-0.25, -0.2) is 0 Å². The van der Waals surface area contributed by atoms with Crippen molar-refractivity contribution in [1.29, 1.82) is 0 Å². The molecule has 0 saturated heterocycles. The number of esters is 1. The van der Waals surface area contributed by atoms with Crippen LogP contribution < -0.4 is 0 Å². The topological polar surface area (TPSA) is 29.5 Å². The first-order valence-electron chi connectivity index (χ1n) is 6.09. The molecule has 94 valence electrons. The molecule has 0 aliphatic carbocycles. The van der Waals surface area contributed by atoms with Gasteiger partial charge in [-0.05, 0) is 24.2 Å². The lowest BCUT2D eigenvalue weighted by atomic mass is 10.1. The third-order valence-electron chi connectivity index (χ3n) is 2.77. The third-order valence-corrected chi connectivity index (χ3v) is 2.77. The lowest BCUT2D eigenvalue weighted by Crippen LogP contribution is -2.22. The predicted molar refractivity (Wildman–Crippen MR) is 68.5 cm³/mol. The number of hydrogen-bond acceptors (Lipinski definition) is 3. The molecule has 0 amide bonds. The minimum absolute atomic E-state index is 0.239. The molecule has 0 spiro atoms. The van der Waals surface area contributed by atoms with Gasteiger partial charge in [0.05, 0.1) is 0 Å². The number of nitrogens with zero attached hydrogens (tertiary/aromatic N) is 1. The van der Waals surface area contributed by atoms with Crippen molar-refractivity contribution < 1.29 is 9.53 Å². The van der Waals surface area contributed by atoms with Crippen molar-refractivity contribution in [3.8, 4) is 0 Å². The van der Waals surface area contributed by atoms with Gasteiger partial charge in [0.1, 0.15) is 6.61 Å². The molecule has 1 aromatic carbocycles. The van der Waals surface area contributed by atoms with Crippen LogP contribution in [0.25, 0.3) is 0 Å². The Balaban J connectivity index is 2.52. The second-order valence-corrected chi connectivity index (χ2v) is 4.06. The minimum Gasteiger partial charge on any atom is -0.461 e. The average Bonchev–Trinajstić information content (AvgIpc) is 2.34. The summed E-state index contributed by atoms with van der Waals surface area (Å²) in [6, 6.07) is 8.22. The third kappa shape index (κ3) is 5.00. The number of carbonyl (C=O) groups excluding carboxylic acids is 1. The van der Waals surface area contributed by atoms with Crippen LogP contribution in [0.5, 0.6) is 0 Å². The van der Waals surface area contributed by atoms with E-state index in [1.807, 2.05) is 12.1 Å². The zero-order chi connectivity index (χ0) is 12.7. The minimum atomic E-state index is -0.239. The van der Waals surface area contributed by atoms with E-state index in [-0.39, 0.29) is 5.97 Å². The molecule has 0 N–H and O–H groups in total. The molecule has 17 heavy (non-hydrogen) atoms. The van der Waals surface area contributed by atoms with Gasteiger partial charge >= 0.3 is 5.97 Å². The summed E-state index contributed by atoms with van der Waals surface area (Å²) < 4.78 is 4.94. The number of carbonyl (C=O) groups is 1. The average molecular weight is 235 g/mol. The summed E-state index contributed by atoms with van der Waals surface area (Å²) >= 11 is 0. The summed E-state index contributed by atoms with van der Waals surface area (Å²) in [5.41, 5.74) is 2.32. The van der Waals surface area contributed by atoms with Crippen LogP contribution in [0.1, 0.15) is 31.9 Å². The quantitative estimate of drug-likeness (QED) is 0.710. The first kappa shape index (κ1) is 13.7. The van der Waals surface area contributed by atoms with Crippen molar-refractivity contribution in [2.75, 3.05) is 13.1 Å². The van der Waals surface area contributed by atoms with Gasteiger partial charge in [-0.1, -0.05) is 38.1 Å². The van der Waals surface area contributed by atoms with Crippen LogP contribution in [0.15, 0.2) is 24.3 Å². The standard InChI is InChI=1S/C14H21NO2/c1-4-15(5-2)10-13-6-8-14(9-7-13)11-17-12(3)16/h6-9H,4-5,10-11H2,1-3H3. The molecule has 0 fully saturated rings. The fraction of sp³-hybridized carbons (Fsp3) is 0.500. The van der Waals surface area contributed by atoms with Crippen molar-refractivity contribution in [3.05, 3.63) is 35.4 Å². The largest absolute Gasteiger partial charge is 0.461 e. The molecule has 3 heteroatoms. The van der Waals surface area contributed by atoms with Crippen molar-refractivity contribution in [3.63, 3.8) is 0 Å². The Bertz CT molecular complexity index is 342. The van der Waals surface area contributed by atoms with Gasteiger partial charge in [0.2, 0.25) is 0 Å². The second kappa shape index (κ2) is 7.07. The fourth-order valence-electron chi connectivity index (χ4n) is 1.63. The molecule has 0 saturated carbocycles. The van der Waals surface area contributed by atoms with Crippen LogP contribution in [0.3, 0.4) is 0 Å². The van der Waals surface area contributed by atoms with Crippen molar-refractivity contribution >= 4 is 5.97 Å². The smallest absolute Gasteiger partial charge is 0.302 e. The van der Waals surface area contributed by atoms with Gasteiger partial charge in [-0.15, -0.1) is 0 Å². The highest BCUT2D eigenvalue weighted by Gasteiger charge is 2.01. The lowest BCUT2D eigenvalue weighted by molar-refractivity contribution is -0.142. The molecule has 0 aromatic heterocycles. The molecular weight excluding hydrogens is 214 g/mol. The van der Waals surface area contributed by atoms with E-state index in [1.165, 1.54) is 12.5 Å². The van der Waals surface area contributed by atoms with Crippen LogP contribution in [0.2, 0.25) is 0 Å². The molecule has 0 radical (unpaired) electrons. The highest BCUT2D eigenvalue weighted by molar-refractivity contribution is 5.65. The van der Waals surface area contributed by atoms with Gasteiger partial charge in [0.25, 0.3) is 0 Å². The Labute approximate surface area is 103 Å². The number of ether oxygens (including phenoxy) is 1. The Hall–Kier alpha value is -1.35. The summed E-state index contributed by atoms with van der Waals surface area (Å²) in [6.45, 7) is 9.21. The van der Waals surface area contributed by atoms with Crippen LogP contribution >= 0.6 is 0 Å². The van der Waals surface area contributed by atoms with E-state index in [4.69, 9.17) is 4.74 Å². The van der Waals surface area contributed by atoms with E-state index in [0.29, 0.717) is 6.61 Å². The van der Waals surface area contributed by atoms with Gasteiger partial charge in [-0.2, -0.15) is 0 Å². The van der Waals surface area contributed by atoms with Gasteiger partial charge in [0, 0.05) is 13.5 Å². The molecule has 3 nitrogen and oxygen atoms in total. The number of benzene rings is 1. The highest BCUT2D eigenvalue weighted by Crippen LogP contribution is 2.08. The summed E-state index contributed by atoms with van der Waals surface area (Å²) in [6.07, 6.45) is 0. The van der Waals surface area contributed by atoms with Crippen LogP contribution in [-0.2, 0) is 22.7 Å². The van der Waals surface area contributed by atoms with Crippen LogP contribution in [0.4, 0.5) is 0 Å². The van der Waals surface area contributed by atoms with Gasteiger partial charge < -0.3 is 4.74 Å². The van der Waals surface area contributed by atoms with Gasteiger partial charge in [0.15, 0.2) is 0 Å². The Kier molecular flexibility index (Phi) is 5.70.